The lowest BCUT2D eigenvalue weighted by molar-refractivity contribution is 0.0943. The minimum absolute atomic E-state index is 0.00183. The molecule has 1 aromatic heterocycles. The molecule has 1 saturated heterocycles. The van der Waals surface area contributed by atoms with Gasteiger partial charge in [-0.3, -0.25) is 4.79 Å². The standard InChI is InChI=1S/C18H26N4O/c1-13(2)22-9-3-4-14(11-22)7-8-19-18(23)15-5-6-16-17(10-15)21-12-20-16/h5-6,10,12-14H,3-4,7-9,11H2,1-2H3,(H,19,23)(H,20,21). The van der Waals surface area contributed by atoms with Crippen LogP contribution < -0.4 is 5.32 Å². The Morgan fingerprint density at radius 1 is 1.48 bits per heavy atom. The third-order valence-electron chi connectivity index (χ3n) is 4.80. The highest BCUT2D eigenvalue weighted by Crippen LogP contribution is 2.20. The van der Waals surface area contributed by atoms with E-state index in [1.54, 1.807) is 6.33 Å². The SMILES string of the molecule is CC(C)N1CCCC(CCNC(=O)c2ccc3nc[nH]c3c2)C1. The molecule has 1 unspecified atom stereocenters. The average molecular weight is 314 g/mol. The monoisotopic (exact) mass is 314 g/mol. The quantitative estimate of drug-likeness (QED) is 0.892. The number of benzene rings is 1. The van der Waals surface area contributed by atoms with Crippen molar-refractivity contribution in [3.05, 3.63) is 30.1 Å². The molecule has 0 aliphatic carbocycles. The predicted molar refractivity (Wildman–Crippen MR) is 92.5 cm³/mol. The molecule has 2 heterocycles. The summed E-state index contributed by atoms with van der Waals surface area (Å²) in [5.41, 5.74) is 2.48. The summed E-state index contributed by atoms with van der Waals surface area (Å²) >= 11 is 0. The van der Waals surface area contributed by atoms with Gasteiger partial charge >= 0.3 is 0 Å². The second-order valence-electron chi connectivity index (χ2n) is 6.78. The van der Waals surface area contributed by atoms with Gasteiger partial charge in [0.15, 0.2) is 0 Å². The summed E-state index contributed by atoms with van der Waals surface area (Å²) in [6, 6.07) is 6.19. The van der Waals surface area contributed by atoms with Crippen LogP contribution in [0.5, 0.6) is 0 Å². The Morgan fingerprint density at radius 3 is 3.17 bits per heavy atom. The van der Waals surface area contributed by atoms with E-state index in [0.717, 1.165) is 30.5 Å². The lowest BCUT2D eigenvalue weighted by atomic mass is 9.94. The van der Waals surface area contributed by atoms with E-state index in [1.165, 1.54) is 19.4 Å². The summed E-state index contributed by atoms with van der Waals surface area (Å²) in [6.07, 6.45) is 5.25. The fourth-order valence-corrected chi connectivity index (χ4v) is 3.37. The van der Waals surface area contributed by atoms with Crippen molar-refractivity contribution in [2.75, 3.05) is 19.6 Å². The molecule has 1 atom stereocenters. The van der Waals surface area contributed by atoms with E-state index in [1.807, 2.05) is 18.2 Å². The molecule has 3 rings (SSSR count). The largest absolute Gasteiger partial charge is 0.352 e. The van der Waals surface area contributed by atoms with Gasteiger partial charge in [0.05, 0.1) is 17.4 Å². The number of carbonyl (C=O) groups is 1. The van der Waals surface area contributed by atoms with E-state index < -0.39 is 0 Å². The van der Waals surface area contributed by atoms with Gasteiger partial charge in [-0.25, -0.2) is 4.98 Å². The molecule has 23 heavy (non-hydrogen) atoms. The maximum atomic E-state index is 12.3. The maximum absolute atomic E-state index is 12.3. The van der Waals surface area contributed by atoms with Crippen molar-refractivity contribution in [3.63, 3.8) is 0 Å². The number of likely N-dealkylation sites (tertiary alicyclic amines) is 1. The molecule has 1 fully saturated rings. The van der Waals surface area contributed by atoms with Crippen LogP contribution in [0.2, 0.25) is 0 Å². The van der Waals surface area contributed by atoms with Crippen molar-refractivity contribution in [3.8, 4) is 0 Å². The second-order valence-corrected chi connectivity index (χ2v) is 6.78. The van der Waals surface area contributed by atoms with Crippen LogP contribution in [0.1, 0.15) is 43.5 Å². The van der Waals surface area contributed by atoms with Crippen molar-refractivity contribution in [1.82, 2.24) is 20.2 Å². The number of rotatable bonds is 5. The van der Waals surface area contributed by atoms with Gasteiger partial charge in [0.2, 0.25) is 0 Å². The van der Waals surface area contributed by atoms with Crippen LogP contribution in [0.4, 0.5) is 0 Å². The zero-order chi connectivity index (χ0) is 16.2. The molecule has 5 heteroatoms. The van der Waals surface area contributed by atoms with Crippen LogP contribution >= 0.6 is 0 Å². The van der Waals surface area contributed by atoms with Crippen molar-refractivity contribution < 1.29 is 4.79 Å². The molecule has 0 bridgehead atoms. The number of fused-ring (bicyclic) bond motifs is 1. The van der Waals surface area contributed by atoms with E-state index in [4.69, 9.17) is 0 Å². The number of aromatic nitrogens is 2. The number of piperidine rings is 1. The van der Waals surface area contributed by atoms with Gasteiger partial charge in [-0.1, -0.05) is 0 Å². The summed E-state index contributed by atoms with van der Waals surface area (Å²) in [6.45, 7) is 7.64. The number of H-pyrrole nitrogens is 1. The molecular formula is C18H26N4O. The number of imidazole rings is 1. The molecular weight excluding hydrogens is 288 g/mol. The molecule has 0 saturated carbocycles. The highest BCUT2D eigenvalue weighted by molar-refractivity contribution is 5.97. The Morgan fingerprint density at radius 2 is 2.35 bits per heavy atom. The summed E-state index contributed by atoms with van der Waals surface area (Å²) < 4.78 is 0. The lowest BCUT2D eigenvalue weighted by Gasteiger charge is -2.35. The van der Waals surface area contributed by atoms with E-state index in [0.29, 0.717) is 17.5 Å². The van der Waals surface area contributed by atoms with Crippen molar-refractivity contribution >= 4 is 16.9 Å². The van der Waals surface area contributed by atoms with Gasteiger partial charge in [-0.15, -0.1) is 0 Å². The third kappa shape index (κ3) is 3.91. The molecule has 5 nitrogen and oxygen atoms in total. The average Bonchev–Trinajstić information content (AvgIpc) is 3.02. The molecule has 2 N–H and O–H groups in total. The smallest absolute Gasteiger partial charge is 0.251 e. The molecule has 124 valence electrons. The van der Waals surface area contributed by atoms with Crippen LogP contribution in [0, 0.1) is 5.92 Å². The first kappa shape index (κ1) is 16.0. The molecule has 1 aliphatic heterocycles. The molecule has 0 radical (unpaired) electrons. The first-order valence-corrected chi connectivity index (χ1v) is 8.59. The van der Waals surface area contributed by atoms with Crippen LogP contribution in [0.25, 0.3) is 11.0 Å². The summed E-state index contributed by atoms with van der Waals surface area (Å²) in [5, 5.41) is 3.06. The summed E-state index contributed by atoms with van der Waals surface area (Å²) in [5.74, 6) is 0.694. The van der Waals surface area contributed by atoms with Gasteiger partial charge in [0, 0.05) is 24.7 Å². The van der Waals surface area contributed by atoms with E-state index in [2.05, 4.69) is 34.0 Å². The second kappa shape index (κ2) is 7.13. The zero-order valence-corrected chi connectivity index (χ0v) is 14.0. The first-order chi connectivity index (χ1) is 11.1. The Kier molecular flexibility index (Phi) is 4.96. The number of amides is 1. The number of nitrogens with zero attached hydrogens (tertiary/aromatic N) is 2. The Labute approximate surface area is 137 Å². The number of aromatic amines is 1. The van der Waals surface area contributed by atoms with Gasteiger partial charge in [-0.2, -0.15) is 0 Å². The van der Waals surface area contributed by atoms with Crippen molar-refractivity contribution in [2.24, 2.45) is 5.92 Å². The fraction of sp³-hybridized carbons (Fsp3) is 0.556. The van der Waals surface area contributed by atoms with E-state index in [9.17, 15) is 4.79 Å². The first-order valence-electron chi connectivity index (χ1n) is 8.59. The number of carbonyl (C=O) groups excluding carboxylic acids is 1. The number of nitrogens with one attached hydrogen (secondary N) is 2. The number of hydrogen-bond donors (Lipinski definition) is 2. The van der Waals surface area contributed by atoms with Gasteiger partial charge < -0.3 is 15.2 Å². The Balaban J connectivity index is 1.49. The molecule has 1 aliphatic rings. The summed E-state index contributed by atoms with van der Waals surface area (Å²) in [7, 11) is 0. The topological polar surface area (TPSA) is 61.0 Å². The zero-order valence-electron chi connectivity index (χ0n) is 14.0. The Bertz CT molecular complexity index is 664. The van der Waals surface area contributed by atoms with Crippen LogP contribution in [-0.2, 0) is 0 Å². The van der Waals surface area contributed by atoms with Gasteiger partial charge in [-0.05, 0) is 63.8 Å². The van der Waals surface area contributed by atoms with E-state index >= 15 is 0 Å². The molecule has 2 aromatic rings. The van der Waals surface area contributed by atoms with Crippen LogP contribution in [0.15, 0.2) is 24.5 Å². The fourth-order valence-electron chi connectivity index (χ4n) is 3.37. The van der Waals surface area contributed by atoms with Crippen LogP contribution in [-0.4, -0.2) is 46.5 Å². The number of hydrogen-bond acceptors (Lipinski definition) is 3. The minimum Gasteiger partial charge on any atom is -0.352 e. The summed E-state index contributed by atoms with van der Waals surface area (Å²) in [4.78, 5) is 22.0. The van der Waals surface area contributed by atoms with E-state index in [-0.39, 0.29) is 5.91 Å². The molecule has 1 aromatic carbocycles. The van der Waals surface area contributed by atoms with Gasteiger partial charge in [0.25, 0.3) is 5.91 Å². The highest BCUT2D eigenvalue weighted by atomic mass is 16.1. The van der Waals surface area contributed by atoms with Crippen LogP contribution in [0.3, 0.4) is 0 Å². The van der Waals surface area contributed by atoms with Crippen molar-refractivity contribution in [2.45, 2.75) is 39.2 Å². The Hall–Kier alpha value is -1.88. The normalized spacial score (nSPS) is 19.3. The third-order valence-corrected chi connectivity index (χ3v) is 4.80. The van der Waals surface area contributed by atoms with Crippen molar-refractivity contribution in [1.29, 1.82) is 0 Å². The van der Waals surface area contributed by atoms with Gasteiger partial charge in [0.1, 0.15) is 0 Å². The minimum atomic E-state index is -0.00183. The molecule has 0 spiro atoms. The molecule has 1 amide bonds. The lowest BCUT2D eigenvalue weighted by Crippen LogP contribution is -2.40. The predicted octanol–water partition coefficient (Wildman–Crippen LogP) is 2.80. The highest BCUT2D eigenvalue weighted by Gasteiger charge is 2.21. The maximum Gasteiger partial charge on any atom is 0.251 e.